The number of aldehydes is 1. The third-order valence-electron chi connectivity index (χ3n) is 3.52. The molecule has 0 amide bonds. The van der Waals surface area contributed by atoms with Crippen molar-refractivity contribution in [3.63, 3.8) is 0 Å². The third-order valence-corrected chi connectivity index (χ3v) is 3.52. The summed E-state index contributed by atoms with van der Waals surface area (Å²) in [4.78, 5) is 10.0. The Morgan fingerprint density at radius 3 is 0.966 bits per heavy atom. The molecular weight excluding hydrogens is 471 g/mol. The Bertz CT molecular complexity index is 615. The van der Waals surface area contributed by atoms with Crippen molar-refractivity contribution in [1.82, 2.24) is 0 Å². The van der Waals surface area contributed by atoms with E-state index in [4.69, 9.17) is 0 Å². The van der Waals surface area contributed by atoms with E-state index < -0.39 is 59.8 Å². The van der Waals surface area contributed by atoms with Crippen LogP contribution in [0.25, 0.3) is 0 Å². The van der Waals surface area contributed by atoms with Crippen LogP contribution in [-0.2, 0) is 4.79 Å². The summed E-state index contributed by atoms with van der Waals surface area (Å²) in [6.45, 7) is -0.334. The maximum atomic E-state index is 13.2. The molecule has 0 radical (unpaired) electrons. The first-order valence-electron chi connectivity index (χ1n) is 6.40. The lowest BCUT2D eigenvalue weighted by Gasteiger charge is -2.43. The lowest BCUT2D eigenvalue weighted by Crippen LogP contribution is -2.74. The van der Waals surface area contributed by atoms with Gasteiger partial charge >= 0.3 is 47.6 Å². The van der Waals surface area contributed by atoms with E-state index in [2.05, 4.69) is 0 Å². The van der Waals surface area contributed by atoms with Gasteiger partial charge in [-0.3, -0.25) is 0 Å². The molecular formula is C11H5F17O. The van der Waals surface area contributed by atoms with E-state index in [0.29, 0.717) is 0 Å². The Hall–Kier alpha value is -1.52. The second-order valence-corrected chi connectivity index (χ2v) is 5.49. The highest BCUT2D eigenvalue weighted by Crippen LogP contribution is 2.64. The fourth-order valence-corrected chi connectivity index (χ4v) is 1.55. The minimum Gasteiger partial charge on any atom is -0.303 e. The van der Waals surface area contributed by atoms with Crippen LogP contribution < -0.4 is 0 Å². The van der Waals surface area contributed by atoms with E-state index in [0.717, 1.165) is 0 Å². The van der Waals surface area contributed by atoms with E-state index in [1.807, 2.05) is 0 Å². The molecule has 1 atom stereocenters. The van der Waals surface area contributed by atoms with Gasteiger partial charge in [-0.15, -0.1) is 0 Å². The van der Waals surface area contributed by atoms with Gasteiger partial charge in [-0.2, -0.15) is 74.6 Å². The molecule has 0 rings (SSSR count). The molecule has 0 saturated heterocycles. The Morgan fingerprint density at radius 1 is 0.483 bits per heavy atom. The van der Waals surface area contributed by atoms with Crippen LogP contribution in [0, 0.1) is 5.92 Å². The molecule has 0 heterocycles. The number of carbonyl (C=O) groups is 1. The minimum atomic E-state index is -8.66. The summed E-state index contributed by atoms with van der Waals surface area (Å²) in [5, 5.41) is 0. The van der Waals surface area contributed by atoms with Crippen LogP contribution in [-0.4, -0.2) is 53.9 Å². The fraction of sp³-hybridized carbons (Fsp3) is 0.909. The molecule has 0 aromatic rings. The molecule has 0 bridgehead atoms. The molecule has 0 N–H and O–H groups in total. The van der Waals surface area contributed by atoms with Gasteiger partial charge in [-0.1, -0.05) is 0 Å². The van der Waals surface area contributed by atoms with Gasteiger partial charge < -0.3 is 4.79 Å². The first-order chi connectivity index (χ1) is 12.2. The smallest absolute Gasteiger partial charge is 0.303 e. The highest BCUT2D eigenvalue weighted by Gasteiger charge is 2.95. The summed E-state index contributed by atoms with van der Waals surface area (Å²) in [5.41, 5.74) is 0. The van der Waals surface area contributed by atoms with Crippen molar-refractivity contribution in [2.24, 2.45) is 5.92 Å². The Kier molecular flexibility index (Phi) is 6.39. The Morgan fingerprint density at radius 2 is 0.724 bits per heavy atom. The van der Waals surface area contributed by atoms with Crippen molar-refractivity contribution < 1.29 is 79.4 Å². The first-order valence-corrected chi connectivity index (χ1v) is 6.40. The predicted octanol–water partition coefficient (Wildman–Crippen LogP) is 5.83. The number of carbonyl (C=O) groups excluding carboxylic acids is 1. The quantitative estimate of drug-likeness (QED) is 0.319. The molecule has 18 heteroatoms. The highest BCUT2D eigenvalue weighted by atomic mass is 19.4. The summed E-state index contributed by atoms with van der Waals surface area (Å²) in [7, 11) is 0. The average molecular weight is 476 g/mol. The summed E-state index contributed by atoms with van der Waals surface area (Å²) < 4.78 is 218. The highest BCUT2D eigenvalue weighted by molar-refractivity contribution is 5.55. The molecule has 0 aliphatic carbocycles. The number of alkyl halides is 17. The number of rotatable bonds is 8. The standard InChI is InChI=1S/C11H5F17O/c1-3(2-29)4(12,13)5(14,15)6(16,17)7(18,19)8(20,21)9(22,23)10(24,25)11(26,27)28/h2-3H,1H3. The van der Waals surface area contributed by atoms with Crippen LogP contribution in [0.5, 0.6) is 0 Å². The van der Waals surface area contributed by atoms with Crippen molar-refractivity contribution in [3.8, 4) is 0 Å². The van der Waals surface area contributed by atoms with Gasteiger partial charge in [0.25, 0.3) is 0 Å². The van der Waals surface area contributed by atoms with Gasteiger partial charge in [0.15, 0.2) is 0 Å². The molecule has 174 valence electrons. The molecule has 0 spiro atoms. The molecule has 1 unspecified atom stereocenters. The molecule has 1 nitrogen and oxygen atoms in total. The van der Waals surface area contributed by atoms with Crippen molar-refractivity contribution in [3.05, 3.63) is 0 Å². The molecule has 0 aromatic heterocycles. The van der Waals surface area contributed by atoms with Crippen molar-refractivity contribution in [1.29, 1.82) is 0 Å². The topological polar surface area (TPSA) is 17.1 Å². The van der Waals surface area contributed by atoms with Crippen molar-refractivity contribution in [2.45, 2.75) is 54.6 Å². The van der Waals surface area contributed by atoms with Gasteiger partial charge in [0, 0.05) is 0 Å². The average Bonchev–Trinajstić information content (AvgIpc) is 2.51. The monoisotopic (exact) mass is 476 g/mol. The van der Waals surface area contributed by atoms with Crippen molar-refractivity contribution in [2.75, 3.05) is 0 Å². The summed E-state index contributed by atoms with van der Waals surface area (Å²) in [5.74, 6) is -60.5. The summed E-state index contributed by atoms with van der Waals surface area (Å²) in [6, 6.07) is 0. The molecule has 0 fully saturated rings. The van der Waals surface area contributed by atoms with E-state index >= 15 is 0 Å². The SMILES string of the molecule is CC(C=O)C(F)(F)C(F)(F)C(F)(F)C(F)(F)C(F)(F)C(F)(F)C(F)(F)C(F)(F)F. The zero-order valence-corrected chi connectivity index (χ0v) is 13.0. The molecule has 0 aliphatic rings. The van der Waals surface area contributed by atoms with Crippen LogP contribution in [0.3, 0.4) is 0 Å². The van der Waals surface area contributed by atoms with Crippen LogP contribution in [0.1, 0.15) is 6.92 Å². The zero-order valence-electron chi connectivity index (χ0n) is 13.0. The van der Waals surface area contributed by atoms with E-state index in [1.54, 1.807) is 0 Å². The molecule has 29 heavy (non-hydrogen) atoms. The van der Waals surface area contributed by atoms with E-state index in [9.17, 15) is 79.4 Å². The Labute approximate surface area is 147 Å². The van der Waals surface area contributed by atoms with Crippen LogP contribution in [0.15, 0.2) is 0 Å². The second-order valence-electron chi connectivity index (χ2n) is 5.49. The zero-order chi connectivity index (χ0) is 24.3. The van der Waals surface area contributed by atoms with E-state index in [-0.39, 0.29) is 6.92 Å². The van der Waals surface area contributed by atoms with Gasteiger partial charge in [0.2, 0.25) is 0 Å². The number of hydrogen-bond acceptors (Lipinski definition) is 1. The van der Waals surface area contributed by atoms with E-state index in [1.165, 1.54) is 0 Å². The fourth-order valence-electron chi connectivity index (χ4n) is 1.55. The van der Waals surface area contributed by atoms with Gasteiger partial charge in [-0.25, -0.2) is 0 Å². The molecule has 0 saturated carbocycles. The minimum absolute atomic E-state index is 0.334. The summed E-state index contributed by atoms with van der Waals surface area (Å²) in [6.07, 6.45) is -9.06. The number of hydrogen-bond donors (Lipinski definition) is 0. The molecule has 0 aliphatic heterocycles. The molecule has 0 aromatic carbocycles. The van der Waals surface area contributed by atoms with Crippen LogP contribution in [0.4, 0.5) is 74.6 Å². The van der Waals surface area contributed by atoms with Gasteiger partial charge in [-0.05, 0) is 6.92 Å². The maximum Gasteiger partial charge on any atom is 0.460 e. The largest absolute Gasteiger partial charge is 0.460 e. The maximum absolute atomic E-state index is 13.2. The summed E-state index contributed by atoms with van der Waals surface area (Å²) >= 11 is 0. The van der Waals surface area contributed by atoms with Gasteiger partial charge in [0.1, 0.15) is 6.29 Å². The lowest BCUT2D eigenvalue weighted by molar-refractivity contribution is -0.462. The third kappa shape index (κ3) is 3.29. The first kappa shape index (κ1) is 27.5. The predicted molar refractivity (Wildman–Crippen MR) is 55.9 cm³/mol. The van der Waals surface area contributed by atoms with Crippen molar-refractivity contribution >= 4 is 6.29 Å². The van der Waals surface area contributed by atoms with Crippen LogP contribution in [0.2, 0.25) is 0 Å². The second kappa shape index (κ2) is 6.75. The number of halogens is 17. The normalized spacial score (nSPS) is 17.3. The lowest BCUT2D eigenvalue weighted by atomic mass is 9.86. The Balaban J connectivity index is 6.77. The van der Waals surface area contributed by atoms with Gasteiger partial charge in [0.05, 0.1) is 5.92 Å². The van der Waals surface area contributed by atoms with Crippen LogP contribution >= 0.6 is 0 Å².